The van der Waals surface area contributed by atoms with Crippen LogP contribution >= 0.6 is 0 Å². The van der Waals surface area contributed by atoms with Gasteiger partial charge in [0.05, 0.1) is 12.0 Å². The van der Waals surface area contributed by atoms with Crippen molar-refractivity contribution < 1.29 is 38.6 Å². The van der Waals surface area contributed by atoms with Crippen molar-refractivity contribution in [2.45, 2.75) is 58.1 Å². The molecule has 1 saturated heterocycles. The molecule has 3 aromatic carbocycles. The average Bonchev–Trinajstić information content (AvgIpc) is 3.41. The van der Waals surface area contributed by atoms with E-state index in [0.29, 0.717) is 30.4 Å². The number of benzene rings is 3. The summed E-state index contributed by atoms with van der Waals surface area (Å²) in [5.41, 5.74) is 3.05. The molecule has 240 valence electrons. The van der Waals surface area contributed by atoms with Gasteiger partial charge >= 0.3 is 12.1 Å². The molecule has 0 aromatic heterocycles. The third-order valence-corrected chi connectivity index (χ3v) is 7.80. The molecule has 3 atom stereocenters. The Kier molecular flexibility index (Phi) is 12.1. The van der Waals surface area contributed by atoms with E-state index in [4.69, 9.17) is 9.47 Å². The maximum absolute atomic E-state index is 14.4. The average molecular weight is 626 g/mol. The molecule has 9 nitrogen and oxygen atoms in total. The molecule has 0 bridgehead atoms. The number of ether oxygens (including phenoxy) is 2. The van der Waals surface area contributed by atoms with Crippen LogP contribution in [0.1, 0.15) is 48.4 Å². The van der Waals surface area contributed by atoms with E-state index in [0.717, 1.165) is 29.0 Å². The molecule has 1 N–H and O–H groups in total. The van der Waals surface area contributed by atoms with E-state index in [1.807, 2.05) is 49.4 Å². The number of rotatable bonds is 15. The fourth-order valence-corrected chi connectivity index (χ4v) is 5.55. The van der Waals surface area contributed by atoms with Crippen molar-refractivity contribution in [1.29, 1.82) is 0 Å². The van der Waals surface area contributed by atoms with Crippen LogP contribution in [-0.2, 0) is 41.5 Å². The number of ketones is 2. The lowest BCUT2D eigenvalue weighted by molar-refractivity contribution is -0.158. The molecule has 0 spiro atoms. The summed E-state index contributed by atoms with van der Waals surface area (Å²) in [6.45, 7) is 2.90. The van der Waals surface area contributed by atoms with Gasteiger partial charge in [-0.05, 0) is 55.4 Å². The van der Waals surface area contributed by atoms with E-state index < -0.39 is 41.8 Å². The highest BCUT2D eigenvalue weighted by atomic mass is 16.6. The largest absolute Gasteiger partial charge is 0.453 e. The molecule has 4 rings (SSSR count). The maximum Gasteiger partial charge on any atom is 0.416 e. The molecule has 2 amide bonds. The number of Topliss-reactive ketones (excluding diaryl/α,β-unsaturated/α-hetero) is 1. The molecule has 0 saturated carbocycles. The highest BCUT2D eigenvalue weighted by Gasteiger charge is 2.45. The fourth-order valence-electron chi connectivity index (χ4n) is 5.55. The summed E-state index contributed by atoms with van der Waals surface area (Å²) in [4.78, 5) is 68.4. The van der Waals surface area contributed by atoms with Crippen LogP contribution in [0.2, 0.25) is 0 Å². The smallest absolute Gasteiger partial charge is 0.416 e. The van der Waals surface area contributed by atoms with Gasteiger partial charge in [-0.2, -0.15) is 0 Å². The van der Waals surface area contributed by atoms with Gasteiger partial charge in [-0.3, -0.25) is 19.2 Å². The van der Waals surface area contributed by atoms with Crippen molar-refractivity contribution >= 4 is 35.1 Å². The Bertz CT molecular complexity index is 1570. The molecule has 3 aromatic rings. The Morgan fingerprint density at radius 3 is 2.26 bits per heavy atom. The number of cyclic esters (lactones) is 1. The van der Waals surface area contributed by atoms with Crippen LogP contribution in [-0.4, -0.2) is 64.9 Å². The molecular formula is C37H39NO8. The van der Waals surface area contributed by atoms with Gasteiger partial charge in [0.2, 0.25) is 5.91 Å². The van der Waals surface area contributed by atoms with E-state index in [2.05, 4.69) is 0 Å². The normalized spacial score (nSPS) is 16.0. The first kappa shape index (κ1) is 34.0. The van der Waals surface area contributed by atoms with Crippen molar-refractivity contribution in [2.24, 2.45) is 5.92 Å². The van der Waals surface area contributed by atoms with Gasteiger partial charge < -0.3 is 14.6 Å². The van der Waals surface area contributed by atoms with Crippen molar-refractivity contribution in [3.05, 3.63) is 113 Å². The zero-order chi connectivity index (χ0) is 33.1. The van der Waals surface area contributed by atoms with E-state index in [-0.39, 0.29) is 37.4 Å². The molecule has 1 heterocycles. The standard InChI is InChI=1S/C37H39NO8/c1-25-12-11-17-29(20-25)31(33(41)18-9-10-19-39)23-34(42)35(46-26(2)40)32(22-28-15-7-4-8-16-28)36(43)38-30(24-45-37(38)44)21-27-13-5-3-6-14-27/h3-8,11-17,20,23,30,32,35,39H,9-10,18-19,21-22,24H2,1-2H3/t30-,32-,35-/m1/s1. The Labute approximate surface area is 268 Å². The number of imide groups is 1. The first-order chi connectivity index (χ1) is 22.2. The van der Waals surface area contributed by atoms with Crippen LogP contribution in [0, 0.1) is 12.8 Å². The molecular weight excluding hydrogens is 586 g/mol. The summed E-state index contributed by atoms with van der Waals surface area (Å²) >= 11 is 0. The molecule has 0 aliphatic carbocycles. The topological polar surface area (TPSA) is 127 Å². The predicted molar refractivity (Wildman–Crippen MR) is 171 cm³/mol. The molecule has 46 heavy (non-hydrogen) atoms. The quantitative estimate of drug-likeness (QED) is 0.141. The number of carbonyl (C=O) groups excluding carboxylic acids is 5. The number of unbranched alkanes of at least 4 members (excludes halogenated alkanes) is 1. The van der Waals surface area contributed by atoms with E-state index in [1.165, 1.54) is 0 Å². The third-order valence-electron chi connectivity index (χ3n) is 7.80. The number of amides is 2. The molecule has 1 fully saturated rings. The lowest BCUT2D eigenvalue weighted by Gasteiger charge is -2.29. The fraction of sp³-hybridized carbons (Fsp3) is 0.324. The molecule has 0 radical (unpaired) electrons. The minimum Gasteiger partial charge on any atom is -0.453 e. The number of hydrogen-bond donors (Lipinski definition) is 1. The van der Waals surface area contributed by atoms with Crippen molar-refractivity contribution in [2.75, 3.05) is 13.2 Å². The maximum atomic E-state index is 14.4. The van der Waals surface area contributed by atoms with Crippen LogP contribution in [0.3, 0.4) is 0 Å². The Hall–Kier alpha value is -4.89. The van der Waals surface area contributed by atoms with E-state index in [1.54, 1.807) is 42.5 Å². The zero-order valence-electron chi connectivity index (χ0n) is 26.1. The predicted octanol–water partition coefficient (Wildman–Crippen LogP) is 5.06. The summed E-state index contributed by atoms with van der Waals surface area (Å²) in [5.74, 6) is -3.91. The molecule has 9 heteroatoms. The number of aliphatic hydroxyl groups is 1. The Morgan fingerprint density at radius 1 is 0.957 bits per heavy atom. The summed E-state index contributed by atoms with van der Waals surface area (Å²) in [7, 11) is 0. The monoisotopic (exact) mass is 625 g/mol. The lowest BCUT2D eigenvalue weighted by atomic mass is 9.87. The van der Waals surface area contributed by atoms with Crippen LogP contribution in [0.4, 0.5) is 4.79 Å². The minimum atomic E-state index is -1.64. The summed E-state index contributed by atoms with van der Waals surface area (Å²) < 4.78 is 10.9. The second kappa shape index (κ2) is 16.4. The number of aliphatic hydroxyl groups excluding tert-OH is 1. The lowest BCUT2D eigenvalue weighted by Crippen LogP contribution is -2.49. The van der Waals surface area contributed by atoms with E-state index in [9.17, 15) is 29.1 Å². The Morgan fingerprint density at radius 2 is 1.63 bits per heavy atom. The second-order valence-corrected chi connectivity index (χ2v) is 11.4. The number of esters is 1. The minimum absolute atomic E-state index is 0.0244. The summed E-state index contributed by atoms with van der Waals surface area (Å²) in [6.07, 6.45) is -0.118. The Balaban J connectivity index is 1.76. The first-order valence-electron chi connectivity index (χ1n) is 15.4. The van der Waals surface area contributed by atoms with Crippen LogP contribution in [0.25, 0.3) is 5.57 Å². The number of hydrogen-bond acceptors (Lipinski definition) is 8. The van der Waals surface area contributed by atoms with Gasteiger partial charge in [-0.25, -0.2) is 9.69 Å². The van der Waals surface area contributed by atoms with E-state index >= 15 is 0 Å². The van der Waals surface area contributed by atoms with Crippen LogP contribution in [0.5, 0.6) is 0 Å². The number of carbonyl (C=O) groups is 5. The number of allylic oxidation sites excluding steroid dienone is 1. The third kappa shape index (κ3) is 9.08. The molecule has 1 aliphatic rings. The summed E-state index contributed by atoms with van der Waals surface area (Å²) in [6, 6.07) is 24.7. The van der Waals surface area contributed by atoms with Gasteiger partial charge in [0, 0.05) is 25.5 Å². The highest BCUT2D eigenvalue weighted by Crippen LogP contribution is 2.27. The van der Waals surface area contributed by atoms with Crippen LogP contribution in [0.15, 0.2) is 91.0 Å². The number of nitrogens with zero attached hydrogens (tertiary/aromatic N) is 1. The van der Waals surface area contributed by atoms with Crippen molar-refractivity contribution in [3.63, 3.8) is 0 Å². The van der Waals surface area contributed by atoms with Gasteiger partial charge in [0.1, 0.15) is 6.61 Å². The highest BCUT2D eigenvalue weighted by molar-refractivity contribution is 6.25. The van der Waals surface area contributed by atoms with Crippen LogP contribution < -0.4 is 0 Å². The second-order valence-electron chi connectivity index (χ2n) is 11.4. The van der Waals surface area contributed by atoms with Gasteiger partial charge in [0.15, 0.2) is 17.7 Å². The molecule has 1 aliphatic heterocycles. The van der Waals surface area contributed by atoms with Gasteiger partial charge in [-0.15, -0.1) is 0 Å². The van der Waals surface area contributed by atoms with Gasteiger partial charge in [-0.1, -0.05) is 90.5 Å². The molecule has 0 unspecified atom stereocenters. The SMILES string of the molecule is CC(=O)O[C@@H](C(=O)C=C(C(=O)CCCCO)c1cccc(C)c1)[C@@H](Cc1ccccc1)C(=O)N1C(=O)OC[C@H]1Cc1ccccc1. The summed E-state index contributed by atoms with van der Waals surface area (Å²) in [5, 5.41) is 9.22. The first-order valence-corrected chi connectivity index (χ1v) is 15.4. The van der Waals surface area contributed by atoms with Crippen molar-refractivity contribution in [1.82, 2.24) is 4.90 Å². The number of aryl methyl sites for hydroxylation is 1. The van der Waals surface area contributed by atoms with Crippen molar-refractivity contribution in [3.8, 4) is 0 Å². The van der Waals surface area contributed by atoms with Gasteiger partial charge in [0.25, 0.3) is 0 Å². The zero-order valence-corrected chi connectivity index (χ0v) is 26.1.